The molecule has 0 unspecified atom stereocenters. The van der Waals surface area contributed by atoms with E-state index in [4.69, 9.17) is 9.47 Å². The molecule has 0 aromatic heterocycles. The number of carbonyl (C=O) groups is 2. The minimum atomic E-state index is -0.661. The number of fused-ring (bicyclic) bond motifs is 1. The zero-order chi connectivity index (χ0) is 19.1. The van der Waals surface area contributed by atoms with Crippen LogP contribution >= 0.6 is 0 Å². The molecule has 0 saturated carbocycles. The van der Waals surface area contributed by atoms with Crippen LogP contribution in [0.1, 0.15) is 45.1 Å². The van der Waals surface area contributed by atoms with Crippen LogP contribution in [-0.2, 0) is 14.3 Å². The predicted octanol–water partition coefficient (Wildman–Crippen LogP) is 3.80. The summed E-state index contributed by atoms with van der Waals surface area (Å²) < 4.78 is 10.4. The Labute approximate surface area is 154 Å². The van der Waals surface area contributed by atoms with Crippen molar-refractivity contribution in [3.63, 3.8) is 0 Å². The highest BCUT2D eigenvalue weighted by Crippen LogP contribution is 2.25. The van der Waals surface area contributed by atoms with Crippen molar-refractivity contribution in [3.8, 4) is 5.75 Å². The van der Waals surface area contributed by atoms with Gasteiger partial charge in [-0.15, -0.1) is 0 Å². The zero-order valence-electron chi connectivity index (χ0n) is 15.9. The molecule has 2 aromatic rings. The van der Waals surface area contributed by atoms with Crippen LogP contribution in [0.2, 0.25) is 0 Å². The first-order valence-electron chi connectivity index (χ1n) is 9.01. The number of rotatable bonds is 8. The summed E-state index contributed by atoms with van der Waals surface area (Å²) in [7, 11) is 1.64. The third-order valence-corrected chi connectivity index (χ3v) is 4.42. The molecule has 0 fully saturated rings. The van der Waals surface area contributed by atoms with Crippen molar-refractivity contribution in [1.29, 1.82) is 0 Å². The van der Waals surface area contributed by atoms with Crippen LogP contribution < -0.4 is 10.1 Å². The average Bonchev–Trinajstić information content (AvgIpc) is 2.66. The van der Waals surface area contributed by atoms with E-state index in [1.165, 1.54) is 0 Å². The van der Waals surface area contributed by atoms with E-state index in [1.54, 1.807) is 14.0 Å². The maximum absolute atomic E-state index is 12.5. The molecular weight excluding hydrogens is 330 g/mol. The number of carbonyl (C=O) groups excluding carboxylic acids is 2. The number of ether oxygens (including phenoxy) is 2. The van der Waals surface area contributed by atoms with Crippen molar-refractivity contribution in [3.05, 3.63) is 42.0 Å². The summed E-state index contributed by atoms with van der Waals surface area (Å²) in [6.45, 7) is 5.89. The maximum atomic E-state index is 12.5. The predicted molar refractivity (Wildman–Crippen MR) is 102 cm³/mol. The van der Waals surface area contributed by atoms with Gasteiger partial charge in [-0.25, -0.2) is 4.79 Å². The van der Waals surface area contributed by atoms with Gasteiger partial charge in [-0.05, 0) is 48.7 Å². The standard InChI is InChI=1S/C21H27NO4/c1-5-6-11-26-21(24)15(3)22-20(23)14(2)16-7-8-18-13-19(25-4)10-9-17(18)12-16/h7-10,12-15H,5-6,11H2,1-4H3,(H,22,23)/t14-,15-/m0/s1. The van der Waals surface area contributed by atoms with Crippen molar-refractivity contribution < 1.29 is 19.1 Å². The number of benzene rings is 2. The number of amides is 1. The van der Waals surface area contributed by atoms with Crippen LogP contribution in [0.5, 0.6) is 5.75 Å². The van der Waals surface area contributed by atoms with Crippen molar-refractivity contribution >= 4 is 22.6 Å². The fourth-order valence-corrected chi connectivity index (χ4v) is 2.63. The van der Waals surface area contributed by atoms with Gasteiger partial charge in [0.25, 0.3) is 0 Å². The van der Waals surface area contributed by atoms with Gasteiger partial charge in [0.15, 0.2) is 0 Å². The fourth-order valence-electron chi connectivity index (χ4n) is 2.63. The van der Waals surface area contributed by atoms with Crippen LogP contribution in [0, 0.1) is 0 Å². The molecule has 0 aliphatic heterocycles. The van der Waals surface area contributed by atoms with E-state index in [9.17, 15) is 9.59 Å². The Kier molecular flexibility index (Phi) is 7.01. The number of hydrogen-bond donors (Lipinski definition) is 1. The van der Waals surface area contributed by atoms with E-state index in [0.29, 0.717) is 6.61 Å². The molecule has 140 valence electrons. The van der Waals surface area contributed by atoms with Gasteiger partial charge in [-0.2, -0.15) is 0 Å². The number of methoxy groups -OCH3 is 1. The molecular formula is C21H27NO4. The van der Waals surface area contributed by atoms with Gasteiger partial charge in [-0.3, -0.25) is 4.79 Å². The molecule has 0 saturated heterocycles. The molecule has 0 aliphatic rings. The van der Waals surface area contributed by atoms with Crippen LogP contribution in [0.3, 0.4) is 0 Å². The molecule has 0 aliphatic carbocycles. The zero-order valence-corrected chi connectivity index (χ0v) is 15.9. The molecule has 5 nitrogen and oxygen atoms in total. The fraction of sp³-hybridized carbons (Fsp3) is 0.429. The summed E-state index contributed by atoms with van der Waals surface area (Å²) in [5.41, 5.74) is 0.895. The second-order valence-electron chi connectivity index (χ2n) is 6.45. The monoisotopic (exact) mass is 357 g/mol. The van der Waals surface area contributed by atoms with E-state index in [0.717, 1.165) is 34.9 Å². The summed E-state index contributed by atoms with van der Waals surface area (Å²) in [6, 6.07) is 11.0. The van der Waals surface area contributed by atoms with Crippen molar-refractivity contribution in [2.75, 3.05) is 13.7 Å². The lowest BCUT2D eigenvalue weighted by molar-refractivity contribution is -0.147. The molecule has 0 spiro atoms. The summed E-state index contributed by atoms with van der Waals surface area (Å²) in [5, 5.41) is 4.82. The lowest BCUT2D eigenvalue weighted by Gasteiger charge is -2.17. The molecule has 0 bridgehead atoms. The molecule has 2 aromatic carbocycles. The van der Waals surface area contributed by atoms with Gasteiger partial charge >= 0.3 is 5.97 Å². The first-order valence-corrected chi connectivity index (χ1v) is 9.01. The second-order valence-corrected chi connectivity index (χ2v) is 6.45. The van der Waals surface area contributed by atoms with E-state index < -0.39 is 12.0 Å². The van der Waals surface area contributed by atoms with Crippen LogP contribution in [0.25, 0.3) is 10.8 Å². The van der Waals surface area contributed by atoms with Gasteiger partial charge < -0.3 is 14.8 Å². The van der Waals surface area contributed by atoms with Gasteiger partial charge in [0.05, 0.1) is 19.6 Å². The summed E-state index contributed by atoms with van der Waals surface area (Å²) in [6.07, 6.45) is 1.78. The Morgan fingerprint density at radius 3 is 2.46 bits per heavy atom. The van der Waals surface area contributed by atoms with Crippen molar-refractivity contribution in [1.82, 2.24) is 5.32 Å². The quantitative estimate of drug-likeness (QED) is 0.576. The smallest absolute Gasteiger partial charge is 0.328 e. The van der Waals surface area contributed by atoms with E-state index in [-0.39, 0.29) is 11.8 Å². The molecule has 0 heterocycles. The van der Waals surface area contributed by atoms with Crippen molar-refractivity contribution in [2.45, 2.75) is 45.6 Å². The first-order chi connectivity index (χ1) is 12.5. The summed E-state index contributed by atoms with van der Waals surface area (Å²) in [4.78, 5) is 24.4. The third-order valence-electron chi connectivity index (χ3n) is 4.42. The van der Waals surface area contributed by atoms with Crippen LogP contribution in [0.15, 0.2) is 36.4 Å². The third kappa shape index (κ3) is 4.97. The molecule has 26 heavy (non-hydrogen) atoms. The number of esters is 1. The van der Waals surface area contributed by atoms with Crippen molar-refractivity contribution in [2.24, 2.45) is 0 Å². The lowest BCUT2D eigenvalue weighted by Crippen LogP contribution is -2.41. The van der Waals surface area contributed by atoms with E-state index in [2.05, 4.69) is 5.32 Å². The Balaban J connectivity index is 2.03. The van der Waals surface area contributed by atoms with Gasteiger partial charge in [0.1, 0.15) is 11.8 Å². The molecule has 2 atom stereocenters. The summed E-state index contributed by atoms with van der Waals surface area (Å²) >= 11 is 0. The van der Waals surface area contributed by atoms with E-state index in [1.807, 2.05) is 50.2 Å². The highest BCUT2D eigenvalue weighted by molar-refractivity contribution is 5.90. The van der Waals surface area contributed by atoms with E-state index >= 15 is 0 Å². The highest BCUT2D eigenvalue weighted by Gasteiger charge is 2.21. The number of nitrogens with one attached hydrogen (secondary N) is 1. The Morgan fingerprint density at radius 2 is 1.77 bits per heavy atom. The molecule has 1 amide bonds. The number of hydrogen-bond acceptors (Lipinski definition) is 4. The van der Waals surface area contributed by atoms with Gasteiger partial charge in [0, 0.05) is 0 Å². The largest absolute Gasteiger partial charge is 0.497 e. The van der Waals surface area contributed by atoms with Crippen LogP contribution in [-0.4, -0.2) is 31.6 Å². The first kappa shape index (κ1) is 19.8. The maximum Gasteiger partial charge on any atom is 0.328 e. The topological polar surface area (TPSA) is 64.6 Å². The SMILES string of the molecule is CCCCOC(=O)[C@H](C)NC(=O)[C@@H](C)c1ccc2cc(OC)ccc2c1. The Hall–Kier alpha value is -2.56. The van der Waals surface area contributed by atoms with Gasteiger partial charge in [-0.1, -0.05) is 37.6 Å². The lowest BCUT2D eigenvalue weighted by atomic mass is 9.96. The highest BCUT2D eigenvalue weighted by atomic mass is 16.5. The minimum absolute atomic E-state index is 0.196. The second kappa shape index (κ2) is 9.22. The van der Waals surface area contributed by atoms with Gasteiger partial charge in [0.2, 0.25) is 5.91 Å². The molecule has 0 radical (unpaired) electrons. The number of unbranched alkanes of at least 4 members (excludes halogenated alkanes) is 1. The molecule has 5 heteroatoms. The summed E-state index contributed by atoms with van der Waals surface area (Å²) in [5.74, 6) is -0.166. The average molecular weight is 357 g/mol. The molecule has 1 N–H and O–H groups in total. The van der Waals surface area contributed by atoms with Crippen LogP contribution in [0.4, 0.5) is 0 Å². The Bertz CT molecular complexity index is 772. The minimum Gasteiger partial charge on any atom is -0.497 e. The Morgan fingerprint density at radius 1 is 1.08 bits per heavy atom. The molecule has 2 rings (SSSR count). The normalized spacial score (nSPS) is 13.1.